The van der Waals surface area contributed by atoms with Crippen LogP contribution >= 0.6 is 0 Å². The molecule has 0 heterocycles. The highest BCUT2D eigenvalue weighted by Crippen LogP contribution is 2.31. The lowest BCUT2D eigenvalue weighted by molar-refractivity contribution is 0.159. The van der Waals surface area contributed by atoms with Gasteiger partial charge in [0.25, 0.3) is 0 Å². The molecule has 1 aliphatic carbocycles. The molecule has 0 radical (unpaired) electrons. The zero-order valence-corrected chi connectivity index (χ0v) is 9.01. The lowest BCUT2D eigenvalue weighted by Crippen LogP contribution is -2.45. The fourth-order valence-corrected chi connectivity index (χ4v) is 2.18. The number of rotatable bonds is 4. The van der Waals surface area contributed by atoms with Crippen LogP contribution < -0.4 is 5.32 Å². The molecule has 78 valence electrons. The molecule has 1 fully saturated rings. The molecule has 0 aliphatic heterocycles. The van der Waals surface area contributed by atoms with E-state index in [-0.39, 0.29) is 12.1 Å². The van der Waals surface area contributed by atoms with E-state index in [0.29, 0.717) is 6.04 Å². The smallest absolute Gasteiger partial charge is 0.0613 e. The summed E-state index contributed by atoms with van der Waals surface area (Å²) < 4.78 is 0. The standard InChI is InChI=1S/C10H22N2O/c1-4-12(3)9-5-6-10(7-9,8-13)11-2/h9,11,13H,4-8H2,1-3H3. The van der Waals surface area contributed by atoms with Gasteiger partial charge in [-0.05, 0) is 39.9 Å². The second-order valence-electron chi connectivity index (χ2n) is 4.16. The normalized spacial score (nSPS) is 34.4. The van der Waals surface area contributed by atoms with Crippen molar-refractivity contribution in [1.29, 1.82) is 0 Å². The summed E-state index contributed by atoms with van der Waals surface area (Å²) in [5.74, 6) is 0. The zero-order chi connectivity index (χ0) is 9.90. The Morgan fingerprint density at radius 3 is 2.69 bits per heavy atom. The first-order chi connectivity index (χ1) is 6.17. The first kappa shape index (κ1) is 11.0. The highest BCUT2D eigenvalue weighted by Gasteiger charge is 2.38. The predicted molar refractivity (Wildman–Crippen MR) is 54.8 cm³/mol. The second-order valence-corrected chi connectivity index (χ2v) is 4.16. The van der Waals surface area contributed by atoms with Crippen molar-refractivity contribution in [1.82, 2.24) is 10.2 Å². The molecule has 1 saturated carbocycles. The monoisotopic (exact) mass is 186 g/mol. The molecule has 1 aliphatic rings. The molecule has 0 bridgehead atoms. The van der Waals surface area contributed by atoms with Crippen molar-refractivity contribution < 1.29 is 5.11 Å². The number of aliphatic hydroxyl groups excluding tert-OH is 1. The highest BCUT2D eigenvalue weighted by molar-refractivity contribution is 4.97. The lowest BCUT2D eigenvalue weighted by atomic mass is 9.99. The van der Waals surface area contributed by atoms with Gasteiger partial charge in [-0.1, -0.05) is 6.92 Å². The highest BCUT2D eigenvalue weighted by atomic mass is 16.3. The molecule has 2 atom stereocenters. The van der Waals surface area contributed by atoms with Gasteiger partial charge < -0.3 is 15.3 Å². The summed E-state index contributed by atoms with van der Waals surface area (Å²) in [6.45, 7) is 3.53. The molecule has 0 spiro atoms. The van der Waals surface area contributed by atoms with Crippen LogP contribution in [-0.4, -0.2) is 48.8 Å². The Labute approximate surface area is 81.1 Å². The molecule has 3 heteroatoms. The summed E-state index contributed by atoms with van der Waals surface area (Å²) in [6.07, 6.45) is 3.37. The Hall–Kier alpha value is -0.120. The van der Waals surface area contributed by atoms with E-state index in [1.165, 1.54) is 6.42 Å². The van der Waals surface area contributed by atoms with Gasteiger partial charge in [-0.15, -0.1) is 0 Å². The van der Waals surface area contributed by atoms with Gasteiger partial charge in [-0.25, -0.2) is 0 Å². The van der Waals surface area contributed by atoms with Crippen LogP contribution in [0.15, 0.2) is 0 Å². The molecular weight excluding hydrogens is 164 g/mol. The molecule has 0 saturated heterocycles. The quantitative estimate of drug-likeness (QED) is 0.669. The maximum Gasteiger partial charge on any atom is 0.0613 e. The zero-order valence-electron chi connectivity index (χ0n) is 9.01. The van der Waals surface area contributed by atoms with Crippen molar-refractivity contribution in [3.63, 3.8) is 0 Å². The van der Waals surface area contributed by atoms with E-state index in [9.17, 15) is 5.11 Å². The number of hydrogen-bond acceptors (Lipinski definition) is 3. The third kappa shape index (κ3) is 2.22. The summed E-state index contributed by atoms with van der Waals surface area (Å²) in [7, 11) is 4.11. The van der Waals surface area contributed by atoms with E-state index >= 15 is 0 Å². The SMILES string of the molecule is CCN(C)C1CCC(CO)(NC)C1. The Morgan fingerprint density at radius 1 is 1.62 bits per heavy atom. The number of nitrogens with one attached hydrogen (secondary N) is 1. The summed E-state index contributed by atoms with van der Waals surface area (Å²) in [4.78, 5) is 2.37. The largest absolute Gasteiger partial charge is 0.394 e. The van der Waals surface area contributed by atoms with Crippen molar-refractivity contribution >= 4 is 0 Å². The number of aliphatic hydroxyl groups is 1. The molecule has 0 amide bonds. The average Bonchev–Trinajstić information content (AvgIpc) is 2.61. The van der Waals surface area contributed by atoms with E-state index in [1.54, 1.807) is 0 Å². The first-order valence-electron chi connectivity index (χ1n) is 5.17. The van der Waals surface area contributed by atoms with Gasteiger partial charge in [-0.3, -0.25) is 0 Å². The predicted octanol–water partition coefficient (Wildman–Crippen LogP) is 0.441. The van der Waals surface area contributed by atoms with Gasteiger partial charge in [0.05, 0.1) is 6.61 Å². The van der Waals surface area contributed by atoms with Gasteiger partial charge in [-0.2, -0.15) is 0 Å². The summed E-state index contributed by atoms with van der Waals surface area (Å²) >= 11 is 0. The van der Waals surface area contributed by atoms with Gasteiger partial charge in [0.1, 0.15) is 0 Å². The van der Waals surface area contributed by atoms with Crippen LogP contribution in [-0.2, 0) is 0 Å². The number of likely N-dealkylation sites (N-methyl/N-ethyl adjacent to an activating group) is 1. The first-order valence-corrected chi connectivity index (χ1v) is 5.17. The Morgan fingerprint density at radius 2 is 2.31 bits per heavy atom. The van der Waals surface area contributed by atoms with Crippen molar-refractivity contribution in [2.45, 2.75) is 37.8 Å². The molecule has 0 aromatic rings. The Kier molecular flexibility index (Phi) is 3.71. The minimum absolute atomic E-state index is 0.00586. The minimum Gasteiger partial charge on any atom is -0.394 e. The van der Waals surface area contributed by atoms with E-state index in [4.69, 9.17) is 0 Å². The van der Waals surface area contributed by atoms with E-state index < -0.39 is 0 Å². The molecule has 2 N–H and O–H groups in total. The minimum atomic E-state index is -0.00586. The summed E-state index contributed by atoms with van der Waals surface area (Å²) in [6, 6.07) is 0.643. The van der Waals surface area contributed by atoms with Crippen molar-refractivity contribution in [3.05, 3.63) is 0 Å². The fraction of sp³-hybridized carbons (Fsp3) is 1.00. The van der Waals surface area contributed by atoms with Crippen molar-refractivity contribution in [3.8, 4) is 0 Å². The van der Waals surface area contributed by atoms with Crippen LogP contribution in [0, 0.1) is 0 Å². The van der Waals surface area contributed by atoms with E-state index in [2.05, 4.69) is 24.2 Å². The second kappa shape index (κ2) is 4.40. The van der Waals surface area contributed by atoms with Crippen LogP contribution in [0.1, 0.15) is 26.2 Å². The van der Waals surface area contributed by atoms with Crippen LogP contribution in [0.25, 0.3) is 0 Å². The molecule has 1 rings (SSSR count). The molecule has 0 aromatic carbocycles. The van der Waals surface area contributed by atoms with Gasteiger partial charge in [0, 0.05) is 11.6 Å². The van der Waals surface area contributed by atoms with Crippen LogP contribution in [0.5, 0.6) is 0 Å². The third-order valence-corrected chi connectivity index (χ3v) is 3.54. The van der Waals surface area contributed by atoms with E-state index in [0.717, 1.165) is 19.4 Å². The maximum atomic E-state index is 9.31. The number of hydrogen-bond donors (Lipinski definition) is 2. The summed E-state index contributed by atoms with van der Waals surface area (Å²) in [5.41, 5.74) is -0.00586. The topological polar surface area (TPSA) is 35.5 Å². The van der Waals surface area contributed by atoms with E-state index in [1.807, 2.05) is 7.05 Å². The molecule has 0 aromatic heterocycles. The molecule has 2 unspecified atom stereocenters. The fourth-order valence-electron chi connectivity index (χ4n) is 2.18. The molecular formula is C10H22N2O. The van der Waals surface area contributed by atoms with Crippen LogP contribution in [0.4, 0.5) is 0 Å². The van der Waals surface area contributed by atoms with Crippen LogP contribution in [0.2, 0.25) is 0 Å². The third-order valence-electron chi connectivity index (χ3n) is 3.54. The Balaban J connectivity index is 2.51. The van der Waals surface area contributed by atoms with Gasteiger partial charge >= 0.3 is 0 Å². The average molecular weight is 186 g/mol. The van der Waals surface area contributed by atoms with Crippen molar-refractivity contribution in [2.75, 3.05) is 27.2 Å². The summed E-state index contributed by atoms with van der Waals surface area (Å²) in [5, 5.41) is 12.6. The maximum absolute atomic E-state index is 9.31. The van der Waals surface area contributed by atoms with Crippen molar-refractivity contribution in [2.24, 2.45) is 0 Å². The van der Waals surface area contributed by atoms with Gasteiger partial charge in [0.15, 0.2) is 0 Å². The van der Waals surface area contributed by atoms with Gasteiger partial charge in [0.2, 0.25) is 0 Å². The number of nitrogens with zero attached hydrogens (tertiary/aromatic N) is 1. The molecule has 3 nitrogen and oxygen atoms in total. The molecule has 13 heavy (non-hydrogen) atoms. The Bertz CT molecular complexity index is 157. The van der Waals surface area contributed by atoms with Crippen LogP contribution in [0.3, 0.4) is 0 Å². The lowest BCUT2D eigenvalue weighted by Gasteiger charge is -2.28.